The van der Waals surface area contributed by atoms with Crippen LogP contribution in [0.25, 0.3) is 0 Å². The molecule has 1 aromatic carbocycles. The number of nitrogen functional groups attached to an aromatic ring is 1. The quantitative estimate of drug-likeness (QED) is 0.806. The second-order valence-corrected chi connectivity index (χ2v) is 5.10. The lowest BCUT2D eigenvalue weighted by Crippen LogP contribution is -2.35. The van der Waals surface area contributed by atoms with Crippen LogP contribution in [-0.4, -0.2) is 17.5 Å². The van der Waals surface area contributed by atoms with Crippen molar-refractivity contribution in [2.24, 2.45) is 0 Å². The van der Waals surface area contributed by atoms with Gasteiger partial charge in [0.2, 0.25) is 0 Å². The molecule has 0 aromatic heterocycles. The molecule has 2 rings (SSSR count). The minimum atomic E-state index is 0.602. The van der Waals surface area contributed by atoms with Gasteiger partial charge < -0.3 is 5.73 Å². The monoisotopic (exact) mass is 232 g/mol. The highest BCUT2D eigenvalue weighted by Gasteiger charge is 2.29. The summed E-state index contributed by atoms with van der Waals surface area (Å²) < 4.78 is 0. The summed E-state index contributed by atoms with van der Waals surface area (Å²) >= 11 is 0. The number of fused-ring (bicyclic) bond motifs is 1. The average molecular weight is 232 g/mol. The molecule has 94 valence electrons. The van der Waals surface area contributed by atoms with E-state index >= 15 is 0 Å². The average Bonchev–Trinajstić information content (AvgIpc) is 2.73. The minimum Gasteiger partial charge on any atom is -0.399 e. The Morgan fingerprint density at radius 2 is 2.18 bits per heavy atom. The van der Waals surface area contributed by atoms with Gasteiger partial charge in [-0.2, -0.15) is 0 Å². The summed E-state index contributed by atoms with van der Waals surface area (Å²) in [5.41, 5.74) is 9.71. The molecule has 1 aliphatic rings. The normalized spacial score (nSPS) is 20.6. The number of hydrogen-bond donors (Lipinski definition) is 1. The van der Waals surface area contributed by atoms with Gasteiger partial charge in [-0.25, -0.2) is 0 Å². The first-order chi connectivity index (χ1) is 8.17. The molecule has 0 radical (unpaired) electrons. The van der Waals surface area contributed by atoms with E-state index in [1.165, 1.54) is 30.4 Å². The zero-order valence-electron chi connectivity index (χ0n) is 11.2. The molecule has 0 saturated carbocycles. The standard InChI is InChI=1S/C15H24N2/c1-4-11(3)17(5-2)15-9-6-12-10-13(16)7-8-14(12)15/h7-8,10-11,15H,4-6,9,16H2,1-3H3. The van der Waals surface area contributed by atoms with E-state index in [0.29, 0.717) is 12.1 Å². The van der Waals surface area contributed by atoms with E-state index < -0.39 is 0 Å². The molecule has 0 aliphatic heterocycles. The van der Waals surface area contributed by atoms with E-state index in [0.717, 1.165) is 12.2 Å². The van der Waals surface area contributed by atoms with Crippen LogP contribution in [0.4, 0.5) is 5.69 Å². The molecule has 0 saturated heterocycles. The summed E-state index contributed by atoms with van der Waals surface area (Å²) in [6, 6.07) is 7.69. The molecule has 0 heterocycles. The van der Waals surface area contributed by atoms with Gasteiger partial charge in [-0.3, -0.25) is 4.90 Å². The first-order valence-corrected chi connectivity index (χ1v) is 6.81. The molecular weight excluding hydrogens is 208 g/mol. The van der Waals surface area contributed by atoms with E-state index in [4.69, 9.17) is 5.73 Å². The Bertz CT molecular complexity index is 387. The van der Waals surface area contributed by atoms with Crippen LogP contribution in [-0.2, 0) is 6.42 Å². The summed E-state index contributed by atoms with van der Waals surface area (Å²) in [5, 5.41) is 0. The summed E-state index contributed by atoms with van der Waals surface area (Å²) in [4.78, 5) is 2.63. The topological polar surface area (TPSA) is 29.3 Å². The Labute approximate surface area is 105 Å². The Morgan fingerprint density at radius 1 is 1.41 bits per heavy atom. The minimum absolute atomic E-state index is 0.602. The highest BCUT2D eigenvalue weighted by molar-refractivity contribution is 5.47. The van der Waals surface area contributed by atoms with Gasteiger partial charge in [0.25, 0.3) is 0 Å². The number of anilines is 1. The van der Waals surface area contributed by atoms with Crippen molar-refractivity contribution < 1.29 is 0 Å². The second-order valence-electron chi connectivity index (χ2n) is 5.10. The maximum absolute atomic E-state index is 5.86. The molecule has 2 heteroatoms. The third kappa shape index (κ3) is 2.32. The number of benzene rings is 1. The predicted molar refractivity (Wildman–Crippen MR) is 74.0 cm³/mol. The van der Waals surface area contributed by atoms with Crippen LogP contribution in [0.1, 0.15) is 50.8 Å². The lowest BCUT2D eigenvalue weighted by atomic mass is 10.0. The molecule has 2 nitrogen and oxygen atoms in total. The zero-order valence-corrected chi connectivity index (χ0v) is 11.2. The smallest absolute Gasteiger partial charge is 0.0356 e. The van der Waals surface area contributed by atoms with Gasteiger partial charge in [0.05, 0.1) is 0 Å². The first kappa shape index (κ1) is 12.4. The zero-order chi connectivity index (χ0) is 12.4. The molecule has 0 fully saturated rings. The molecular formula is C15H24N2. The number of nitrogens with two attached hydrogens (primary N) is 1. The van der Waals surface area contributed by atoms with Gasteiger partial charge in [0.1, 0.15) is 0 Å². The molecule has 2 unspecified atom stereocenters. The molecule has 0 bridgehead atoms. The molecule has 0 spiro atoms. The molecule has 2 atom stereocenters. The number of rotatable bonds is 4. The fourth-order valence-corrected chi connectivity index (χ4v) is 3.03. The van der Waals surface area contributed by atoms with Gasteiger partial charge in [-0.1, -0.05) is 19.9 Å². The Kier molecular flexibility index (Phi) is 3.72. The highest BCUT2D eigenvalue weighted by atomic mass is 15.2. The van der Waals surface area contributed by atoms with Crippen LogP contribution in [0.5, 0.6) is 0 Å². The van der Waals surface area contributed by atoms with Crippen molar-refractivity contribution in [2.75, 3.05) is 12.3 Å². The molecule has 1 aromatic rings. The van der Waals surface area contributed by atoms with Crippen molar-refractivity contribution in [1.29, 1.82) is 0 Å². The molecule has 2 N–H and O–H groups in total. The SMILES string of the molecule is CCC(C)N(CC)C1CCc2cc(N)ccc21. The summed E-state index contributed by atoms with van der Waals surface area (Å²) in [5.74, 6) is 0. The van der Waals surface area contributed by atoms with E-state index in [-0.39, 0.29) is 0 Å². The van der Waals surface area contributed by atoms with Gasteiger partial charge in [0.15, 0.2) is 0 Å². The summed E-state index contributed by atoms with van der Waals surface area (Å²) in [6.07, 6.45) is 3.64. The van der Waals surface area contributed by atoms with E-state index in [1.54, 1.807) is 0 Å². The van der Waals surface area contributed by atoms with E-state index in [1.807, 2.05) is 6.07 Å². The van der Waals surface area contributed by atoms with Crippen molar-refractivity contribution in [3.63, 3.8) is 0 Å². The maximum atomic E-state index is 5.86. The van der Waals surface area contributed by atoms with Crippen molar-refractivity contribution in [1.82, 2.24) is 4.90 Å². The Balaban J connectivity index is 2.26. The fraction of sp³-hybridized carbons (Fsp3) is 0.600. The van der Waals surface area contributed by atoms with Crippen molar-refractivity contribution in [3.8, 4) is 0 Å². The fourth-order valence-electron chi connectivity index (χ4n) is 3.03. The number of hydrogen-bond acceptors (Lipinski definition) is 2. The van der Waals surface area contributed by atoms with Crippen LogP contribution in [0.2, 0.25) is 0 Å². The number of nitrogens with zero attached hydrogens (tertiary/aromatic N) is 1. The summed E-state index contributed by atoms with van der Waals surface area (Å²) in [6.45, 7) is 8.00. The van der Waals surface area contributed by atoms with E-state index in [2.05, 4.69) is 37.8 Å². The van der Waals surface area contributed by atoms with Crippen LogP contribution < -0.4 is 5.73 Å². The first-order valence-electron chi connectivity index (χ1n) is 6.81. The lowest BCUT2D eigenvalue weighted by molar-refractivity contribution is 0.148. The third-order valence-corrected chi connectivity index (χ3v) is 4.14. The van der Waals surface area contributed by atoms with Crippen molar-refractivity contribution in [2.45, 2.75) is 52.1 Å². The highest BCUT2D eigenvalue weighted by Crippen LogP contribution is 2.37. The Morgan fingerprint density at radius 3 is 2.82 bits per heavy atom. The van der Waals surface area contributed by atoms with Crippen LogP contribution in [0.3, 0.4) is 0 Å². The van der Waals surface area contributed by atoms with Crippen LogP contribution in [0.15, 0.2) is 18.2 Å². The largest absolute Gasteiger partial charge is 0.399 e. The van der Waals surface area contributed by atoms with Gasteiger partial charge >= 0.3 is 0 Å². The number of aryl methyl sites for hydroxylation is 1. The van der Waals surface area contributed by atoms with E-state index in [9.17, 15) is 0 Å². The molecule has 0 amide bonds. The second kappa shape index (κ2) is 5.09. The van der Waals surface area contributed by atoms with Gasteiger partial charge in [-0.05, 0) is 56.0 Å². The van der Waals surface area contributed by atoms with Crippen LogP contribution in [0, 0.1) is 0 Å². The predicted octanol–water partition coefficient (Wildman–Crippen LogP) is 3.38. The summed E-state index contributed by atoms with van der Waals surface area (Å²) in [7, 11) is 0. The Hall–Kier alpha value is -1.02. The molecule has 1 aliphatic carbocycles. The maximum Gasteiger partial charge on any atom is 0.0356 e. The van der Waals surface area contributed by atoms with Gasteiger partial charge in [-0.15, -0.1) is 0 Å². The van der Waals surface area contributed by atoms with Crippen molar-refractivity contribution in [3.05, 3.63) is 29.3 Å². The lowest BCUT2D eigenvalue weighted by Gasteiger charge is -2.33. The van der Waals surface area contributed by atoms with Crippen molar-refractivity contribution >= 4 is 5.69 Å². The van der Waals surface area contributed by atoms with Gasteiger partial charge in [0, 0.05) is 17.8 Å². The molecule has 17 heavy (non-hydrogen) atoms. The third-order valence-electron chi connectivity index (χ3n) is 4.14. The van der Waals surface area contributed by atoms with Crippen LogP contribution >= 0.6 is 0 Å².